The average Bonchev–Trinajstić information content (AvgIpc) is 3.20. The van der Waals surface area contributed by atoms with Gasteiger partial charge in [0.25, 0.3) is 5.91 Å². The fourth-order valence-corrected chi connectivity index (χ4v) is 2.71. The van der Waals surface area contributed by atoms with E-state index in [4.69, 9.17) is 16.4 Å². The molecular formula is C18H16ClF3N6O3. The topological polar surface area (TPSA) is 117 Å². The zero-order valence-electron chi connectivity index (χ0n) is 15.7. The van der Waals surface area contributed by atoms with E-state index in [1.807, 2.05) is 0 Å². The molecule has 0 aliphatic carbocycles. The highest BCUT2D eigenvalue weighted by Gasteiger charge is 2.32. The van der Waals surface area contributed by atoms with Gasteiger partial charge in [-0.05, 0) is 18.2 Å². The van der Waals surface area contributed by atoms with E-state index in [0.717, 1.165) is 6.07 Å². The van der Waals surface area contributed by atoms with Crippen molar-refractivity contribution in [2.24, 2.45) is 5.16 Å². The third kappa shape index (κ3) is 6.22. The van der Waals surface area contributed by atoms with Gasteiger partial charge in [0, 0.05) is 18.3 Å². The van der Waals surface area contributed by atoms with Gasteiger partial charge in [-0.15, -0.1) is 0 Å². The summed E-state index contributed by atoms with van der Waals surface area (Å²) >= 11 is 5.82. The molecule has 9 nitrogen and oxygen atoms in total. The number of carbonyl (C=O) groups is 2. The van der Waals surface area contributed by atoms with Gasteiger partial charge in [0.1, 0.15) is 11.5 Å². The van der Waals surface area contributed by atoms with Gasteiger partial charge in [0.2, 0.25) is 0 Å². The number of anilines is 2. The molecule has 164 valence electrons. The smallest absolute Gasteiger partial charge is 0.390 e. The Hall–Kier alpha value is -3.54. The average molecular weight is 457 g/mol. The highest BCUT2D eigenvalue weighted by molar-refractivity contribution is 6.39. The minimum Gasteiger partial charge on any atom is -0.390 e. The van der Waals surface area contributed by atoms with Crippen LogP contribution in [-0.4, -0.2) is 35.3 Å². The number of carbonyl (C=O) groups excluding carboxylic acids is 2. The van der Waals surface area contributed by atoms with Gasteiger partial charge in [-0.1, -0.05) is 35.0 Å². The number of alkyl halides is 3. The SMILES string of the molecule is O=C(NNC(=O)C1=NO[C@@H](CNc2ncc(C(F)(F)F)cc2Cl)C1)Nc1ccccc1. The van der Waals surface area contributed by atoms with Crippen LogP contribution in [-0.2, 0) is 15.8 Å². The quantitative estimate of drug-likeness (QED) is 0.516. The fraction of sp³-hybridized carbons (Fsp3) is 0.222. The van der Waals surface area contributed by atoms with E-state index in [2.05, 4.69) is 31.6 Å². The summed E-state index contributed by atoms with van der Waals surface area (Å²) < 4.78 is 37.9. The molecule has 0 saturated carbocycles. The Kier molecular flexibility index (Phi) is 6.80. The number of aromatic nitrogens is 1. The number of oxime groups is 1. The van der Waals surface area contributed by atoms with Crippen molar-refractivity contribution in [3.63, 3.8) is 0 Å². The summed E-state index contributed by atoms with van der Waals surface area (Å²) in [5.74, 6) is -0.633. The van der Waals surface area contributed by atoms with Gasteiger partial charge in [0.05, 0.1) is 17.1 Å². The summed E-state index contributed by atoms with van der Waals surface area (Å²) in [4.78, 5) is 32.6. The Bertz CT molecular complexity index is 987. The first-order valence-electron chi connectivity index (χ1n) is 8.84. The molecule has 31 heavy (non-hydrogen) atoms. The lowest BCUT2D eigenvalue weighted by Gasteiger charge is -2.13. The molecule has 3 amide bonds. The summed E-state index contributed by atoms with van der Waals surface area (Å²) in [6.45, 7) is 0.0836. The molecule has 0 saturated heterocycles. The van der Waals surface area contributed by atoms with Gasteiger partial charge in [0.15, 0.2) is 6.10 Å². The molecule has 1 aromatic heterocycles. The molecule has 0 spiro atoms. The molecule has 0 radical (unpaired) electrons. The molecule has 0 unspecified atom stereocenters. The predicted octanol–water partition coefficient (Wildman–Crippen LogP) is 3.16. The number of para-hydroxylation sites is 1. The summed E-state index contributed by atoms with van der Waals surface area (Å²) in [5.41, 5.74) is 3.98. The van der Waals surface area contributed by atoms with Crippen molar-refractivity contribution in [3.8, 4) is 0 Å². The van der Waals surface area contributed by atoms with E-state index >= 15 is 0 Å². The van der Waals surface area contributed by atoms with Crippen LogP contribution in [0, 0.1) is 0 Å². The summed E-state index contributed by atoms with van der Waals surface area (Å²) in [5, 5.41) is 8.71. The van der Waals surface area contributed by atoms with Crippen molar-refractivity contribution in [3.05, 3.63) is 53.2 Å². The second kappa shape index (κ2) is 9.51. The van der Waals surface area contributed by atoms with Gasteiger partial charge in [-0.3, -0.25) is 10.2 Å². The standard InChI is InChI=1S/C18H16ClF3N6O3/c19-13-6-10(18(20,21)22)8-23-15(13)24-9-12-7-14(28-31-12)16(29)26-27-17(30)25-11-4-2-1-3-5-11/h1-6,8,12H,7,9H2,(H,23,24)(H,26,29)(H2,25,27,30)/t12-/m1/s1. The lowest BCUT2D eigenvalue weighted by atomic mass is 10.1. The van der Waals surface area contributed by atoms with Crippen molar-refractivity contribution in [2.45, 2.75) is 18.7 Å². The second-order valence-electron chi connectivity index (χ2n) is 6.30. The fourth-order valence-electron chi connectivity index (χ4n) is 2.47. The zero-order chi connectivity index (χ0) is 22.4. The van der Waals surface area contributed by atoms with Gasteiger partial charge in [-0.2, -0.15) is 13.2 Å². The molecule has 2 heterocycles. The van der Waals surface area contributed by atoms with Crippen LogP contribution in [0.1, 0.15) is 12.0 Å². The van der Waals surface area contributed by atoms with Crippen LogP contribution >= 0.6 is 11.6 Å². The number of hydrogen-bond acceptors (Lipinski definition) is 6. The maximum absolute atomic E-state index is 12.6. The lowest BCUT2D eigenvalue weighted by molar-refractivity contribution is -0.137. The first-order valence-corrected chi connectivity index (χ1v) is 9.22. The third-order valence-electron chi connectivity index (χ3n) is 3.98. The number of urea groups is 1. The van der Waals surface area contributed by atoms with Crippen molar-refractivity contribution >= 4 is 40.8 Å². The van der Waals surface area contributed by atoms with Crippen LogP contribution in [0.4, 0.5) is 29.5 Å². The Labute approximate surface area is 179 Å². The van der Waals surface area contributed by atoms with Crippen LogP contribution in [0.15, 0.2) is 47.8 Å². The molecule has 1 atom stereocenters. The summed E-state index contributed by atoms with van der Waals surface area (Å²) in [6, 6.07) is 8.71. The maximum Gasteiger partial charge on any atom is 0.417 e. The van der Waals surface area contributed by atoms with E-state index in [-0.39, 0.29) is 29.5 Å². The summed E-state index contributed by atoms with van der Waals surface area (Å²) in [7, 11) is 0. The number of nitrogens with one attached hydrogen (secondary N) is 4. The highest BCUT2D eigenvalue weighted by atomic mass is 35.5. The van der Waals surface area contributed by atoms with E-state index < -0.39 is 29.8 Å². The zero-order valence-corrected chi connectivity index (χ0v) is 16.4. The molecule has 1 aliphatic heterocycles. The monoisotopic (exact) mass is 456 g/mol. The van der Waals surface area contributed by atoms with Gasteiger partial charge >= 0.3 is 12.2 Å². The molecule has 13 heteroatoms. The number of amides is 3. The number of nitrogens with zero attached hydrogens (tertiary/aromatic N) is 2. The van der Waals surface area contributed by atoms with E-state index in [9.17, 15) is 22.8 Å². The van der Waals surface area contributed by atoms with Crippen LogP contribution in [0.5, 0.6) is 0 Å². The maximum atomic E-state index is 12.6. The molecular weight excluding hydrogens is 441 g/mol. The van der Waals surface area contributed by atoms with Crippen LogP contribution in [0.2, 0.25) is 5.02 Å². The van der Waals surface area contributed by atoms with Crippen molar-refractivity contribution in [1.29, 1.82) is 0 Å². The first kappa shape index (κ1) is 22.2. The van der Waals surface area contributed by atoms with Crippen LogP contribution in [0.3, 0.4) is 0 Å². The lowest BCUT2D eigenvalue weighted by Crippen LogP contribution is -2.46. The third-order valence-corrected chi connectivity index (χ3v) is 4.27. The van der Waals surface area contributed by atoms with Crippen LogP contribution < -0.4 is 21.5 Å². The molecule has 2 aromatic rings. The van der Waals surface area contributed by atoms with E-state index in [0.29, 0.717) is 11.9 Å². The van der Waals surface area contributed by atoms with Crippen molar-refractivity contribution in [1.82, 2.24) is 15.8 Å². The number of halogens is 4. The molecule has 4 N–H and O–H groups in total. The Morgan fingerprint density at radius 2 is 1.94 bits per heavy atom. The molecule has 0 bridgehead atoms. The first-order chi connectivity index (χ1) is 14.7. The van der Waals surface area contributed by atoms with Crippen LogP contribution in [0.25, 0.3) is 0 Å². The molecule has 1 aliphatic rings. The number of pyridine rings is 1. The highest BCUT2D eigenvalue weighted by Crippen LogP contribution is 2.32. The second-order valence-corrected chi connectivity index (χ2v) is 6.71. The van der Waals surface area contributed by atoms with Crippen molar-refractivity contribution < 1.29 is 27.6 Å². The predicted molar refractivity (Wildman–Crippen MR) is 106 cm³/mol. The number of hydrogen-bond donors (Lipinski definition) is 4. The Balaban J connectivity index is 1.42. The molecule has 3 rings (SSSR count). The van der Waals surface area contributed by atoms with E-state index in [1.54, 1.807) is 30.3 Å². The number of rotatable bonds is 5. The minimum absolute atomic E-state index is 0.0262. The molecule has 1 aromatic carbocycles. The van der Waals surface area contributed by atoms with Crippen molar-refractivity contribution in [2.75, 3.05) is 17.2 Å². The molecule has 0 fully saturated rings. The summed E-state index contributed by atoms with van der Waals surface area (Å²) in [6.07, 6.45) is -4.38. The number of hydrazine groups is 1. The van der Waals surface area contributed by atoms with E-state index in [1.165, 1.54) is 0 Å². The van der Waals surface area contributed by atoms with Gasteiger partial charge < -0.3 is 15.5 Å². The largest absolute Gasteiger partial charge is 0.417 e. The van der Waals surface area contributed by atoms with Gasteiger partial charge in [-0.25, -0.2) is 15.2 Å². The Morgan fingerprint density at radius 1 is 1.19 bits per heavy atom. The minimum atomic E-state index is -4.55. The normalized spacial score (nSPS) is 15.5. The number of benzene rings is 1. The Morgan fingerprint density at radius 3 is 2.61 bits per heavy atom.